The minimum atomic E-state index is -0.136. The lowest BCUT2D eigenvalue weighted by Crippen LogP contribution is -2.28. The number of allylic oxidation sites excluding steroid dienone is 1. The van der Waals surface area contributed by atoms with Gasteiger partial charge in [0.1, 0.15) is 0 Å². The maximum atomic E-state index is 12.6. The van der Waals surface area contributed by atoms with Crippen LogP contribution in [-0.4, -0.2) is 24.6 Å². The van der Waals surface area contributed by atoms with Gasteiger partial charge in [0, 0.05) is 28.7 Å². The average Bonchev–Trinajstić information content (AvgIpc) is 2.71. The number of rotatable bonds is 2. The second-order valence-electron chi connectivity index (χ2n) is 5.56. The average molecular weight is 255 g/mol. The Morgan fingerprint density at radius 3 is 2.63 bits per heavy atom. The summed E-state index contributed by atoms with van der Waals surface area (Å²) in [4.78, 5) is 17.2. The van der Waals surface area contributed by atoms with E-state index in [9.17, 15) is 4.79 Å². The first-order valence-corrected chi connectivity index (χ1v) is 6.62. The highest BCUT2D eigenvalue weighted by Gasteiger charge is 2.42. The van der Waals surface area contributed by atoms with Crippen LogP contribution in [-0.2, 0) is 4.74 Å². The normalized spacial score (nSPS) is 19.9. The van der Waals surface area contributed by atoms with Crippen LogP contribution in [0.15, 0.2) is 40.6 Å². The van der Waals surface area contributed by atoms with E-state index in [1.165, 1.54) is 0 Å². The monoisotopic (exact) mass is 255 g/mol. The van der Waals surface area contributed by atoms with Crippen LogP contribution < -0.4 is 0 Å². The van der Waals surface area contributed by atoms with Gasteiger partial charge in [-0.25, -0.2) is 0 Å². The molecule has 3 nitrogen and oxygen atoms in total. The smallest absolute Gasteiger partial charge is 0.228 e. The molecule has 1 aliphatic carbocycles. The Kier molecular flexibility index (Phi) is 2.59. The Balaban J connectivity index is 2.27. The lowest BCUT2D eigenvalue weighted by atomic mass is 9.77. The summed E-state index contributed by atoms with van der Waals surface area (Å²) >= 11 is 0. The molecule has 0 atom stereocenters. The summed E-state index contributed by atoms with van der Waals surface area (Å²) in [6.45, 7) is 7.32. The van der Waals surface area contributed by atoms with Gasteiger partial charge in [-0.2, -0.15) is 0 Å². The first-order chi connectivity index (χ1) is 9.06. The van der Waals surface area contributed by atoms with Crippen LogP contribution in [0.5, 0.6) is 0 Å². The summed E-state index contributed by atoms with van der Waals surface area (Å²) in [6, 6.07) is 7.65. The van der Waals surface area contributed by atoms with Crippen molar-refractivity contribution in [2.24, 2.45) is 10.4 Å². The molecule has 0 radical (unpaired) electrons. The van der Waals surface area contributed by atoms with E-state index in [2.05, 4.69) is 18.8 Å². The number of hydrogen-bond donors (Lipinski definition) is 0. The molecule has 0 saturated heterocycles. The fourth-order valence-electron chi connectivity index (χ4n) is 2.80. The fraction of sp³-hybridized carbons (Fsp3) is 0.375. The highest BCUT2D eigenvalue weighted by Crippen LogP contribution is 2.42. The maximum absolute atomic E-state index is 12.6. The summed E-state index contributed by atoms with van der Waals surface area (Å²) in [6.07, 6.45) is 0. The molecule has 1 aromatic rings. The number of nitrogens with zero attached hydrogens (tertiary/aromatic N) is 1. The third-order valence-electron chi connectivity index (χ3n) is 3.69. The van der Waals surface area contributed by atoms with Gasteiger partial charge in [-0.05, 0) is 6.92 Å². The third-order valence-corrected chi connectivity index (χ3v) is 3.69. The van der Waals surface area contributed by atoms with Crippen LogP contribution in [0.4, 0.5) is 0 Å². The quantitative estimate of drug-likeness (QED) is 0.814. The van der Waals surface area contributed by atoms with Crippen LogP contribution in [0.1, 0.15) is 36.7 Å². The van der Waals surface area contributed by atoms with Gasteiger partial charge in [0.25, 0.3) is 0 Å². The van der Waals surface area contributed by atoms with Gasteiger partial charge in [0.15, 0.2) is 5.76 Å². The zero-order valence-electron chi connectivity index (χ0n) is 11.5. The van der Waals surface area contributed by atoms with Crippen molar-refractivity contribution in [1.29, 1.82) is 0 Å². The molecule has 1 heterocycles. The topological polar surface area (TPSA) is 38.7 Å². The molecule has 2 aliphatic rings. The van der Waals surface area contributed by atoms with Gasteiger partial charge in [-0.3, -0.25) is 9.79 Å². The number of fused-ring (bicyclic) bond motifs is 3. The molecule has 0 N–H and O–H groups in total. The predicted molar refractivity (Wildman–Crippen MR) is 74.6 cm³/mol. The van der Waals surface area contributed by atoms with Crippen molar-refractivity contribution in [3.63, 3.8) is 0 Å². The molecule has 19 heavy (non-hydrogen) atoms. The van der Waals surface area contributed by atoms with Gasteiger partial charge in [0.2, 0.25) is 5.78 Å². The minimum absolute atomic E-state index is 0.0126. The number of hydrogen-bond acceptors (Lipinski definition) is 3. The number of benzene rings is 1. The van der Waals surface area contributed by atoms with E-state index in [0.717, 1.165) is 16.8 Å². The lowest BCUT2D eigenvalue weighted by molar-refractivity contribution is 0.0916. The van der Waals surface area contributed by atoms with Crippen LogP contribution in [0, 0.1) is 5.41 Å². The van der Waals surface area contributed by atoms with Crippen LogP contribution >= 0.6 is 0 Å². The number of Topliss-reactive ketones (excluding diaryl/α,β-unsaturated/α-hetero) is 1. The highest BCUT2D eigenvalue weighted by molar-refractivity contribution is 6.29. The van der Waals surface area contributed by atoms with Crippen molar-refractivity contribution in [2.45, 2.75) is 20.8 Å². The molecular weight excluding hydrogens is 238 g/mol. The Hall–Kier alpha value is -1.90. The van der Waals surface area contributed by atoms with E-state index in [0.29, 0.717) is 24.5 Å². The molecule has 0 bridgehead atoms. The minimum Gasteiger partial charge on any atom is -0.489 e. The Morgan fingerprint density at radius 2 is 1.95 bits per heavy atom. The van der Waals surface area contributed by atoms with Gasteiger partial charge in [0.05, 0.1) is 12.3 Å². The Labute approximate surface area is 113 Å². The molecule has 0 aromatic heterocycles. The molecule has 3 heteroatoms. The largest absolute Gasteiger partial charge is 0.489 e. The van der Waals surface area contributed by atoms with Gasteiger partial charge in [-0.15, -0.1) is 0 Å². The second-order valence-corrected chi connectivity index (χ2v) is 5.56. The first kappa shape index (κ1) is 12.2. The number of carbonyl (C=O) groups is 1. The number of ketones is 1. The molecular formula is C16H17NO2. The van der Waals surface area contributed by atoms with E-state index in [4.69, 9.17) is 4.74 Å². The second kappa shape index (κ2) is 4.05. The zero-order valence-corrected chi connectivity index (χ0v) is 11.5. The molecule has 1 aliphatic heterocycles. The number of ether oxygens (including phenoxy) is 1. The standard InChI is InChI=1S/C16H17NO2/c1-4-19-15-12-13(17-9-16(12,2)3)10-7-5-6-8-11(10)14(15)18/h5-8H,4,9H2,1-3H3. The molecule has 98 valence electrons. The van der Waals surface area contributed by atoms with Crippen LogP contribution in [0.2, 0.25) is 0 Å². The Morgan fingerprint density at radius 1 is 1.26 bits per heavy atom. The molecule has 0 amide bonds. The van der Waals surface area contributed by atoms with Crippen molar-refractivity contribution < 1.29 is 9.53 Å². The number of carbonyl (C=O) groups excluding carboxylic acids is 1. The molecule has 0 fully saturated rings. The van der Waals surface area contributed by atoms with Gasteiger partial charge < -0.3 is 4.74 Å². The molecule has 0 saturated carbocycles. The summed E-state index contributed by atoms with van der Waals surface area (Å²) in [5.74, 6) is 0.476. The predicted octanol–water partition coefficient (Wildman–Crippen LogP) is 3.00. The van der Waals surface area contributed by atoms with E-state index in [1.807, 2.05) is 31.2 Å². The van der Waals surface area contributed by atoms with Crippen LogP contribution in [0.3, 0.4) is 0 Å². The summed E-state index contributed by atoms with van der Waals surface area (Å²) in [7, 11) is 0. The molecule has 0 unspecified atom stereocenters. The number of aliphatic imine (C=N–C) groups is 1. The van der Waals surface area contributed by atoms with Crippen molar-refractivity contribution >= 4 is 11.5 Å². The first-order valence-electron chi connectivity index (χ1n) is 6.62. The fourth-order valence-corrected chi connectivity index (χ4v) is 2.80. The molecule has 3 rings (SSSR count). The SMILES string of the molecule is CCOC1=C2C(=NCC2(C)C)c2ccccc2C1=O. The summed E-state index contributed by atoms with van der Waals surface area (Å²) < 4.78 is 5.65. The maximum Gasteiger partial charge on any atom is 0.228 e. The summed E-state index contributed by atoms with van der Waals surface area (Å²) in [5, 5.41) is 0. The van der Waals surface area contributed by atoms with Crippen molar-refractivity contribution in [1.82, 2.24) is 0 Å². The van der Waals surface area contributed by atoms with E-state index >= 15 is 0 Å². The highest BCUT2D eigenvalue weighted by atomic mass is 16.5. The van der Waals surface area contributed by atoms with Crippen molar-refractivity contribution in [2.75, 3.05) is 13.2 Å². The van der Waals surface area contributed by atoms with Gasteiger partial charge >= 0.3 is 0 Å². The van der Waals surface area contributed by atoms with E-state index in [1.54, 1.807) is 0 Å². The lowest BCUT2D eigenvalue weighted by Gasteiger charge is -2.27. The van der Waals surface area contributed by atoms with Gasteiger partial charge in [-0.1, -0.05) is 38.1 Å². The van der Waals surface area contributed by atoms with E-state index in [-0.39, 0.29) is 11.2 Å². The summed E-state index contributed by atoms with van der Waals surface area (Å²) in [5.41, 5.74) is 3.41. The molecule has 0 spiro atoms. The van der Waals surface area contributed by atoms with Crippen LogP contribution in [0.25, 0.3) is 0 Å². The van der Waals surface area contributed by atoms with E-state index < -0.39 is 0 Å². The molecule has 1 aromatic carbocycles. The van der Waals surface area contributed by atoms with Crippen molar-refractivity contribution in [3.8, 4) is 0 Å². The zero-order chi connectivity index (χ0) is 13.6. The van der Waals surface area contributed by atoms with Crippen molar-refractivity contribution in [3.05, 3.63) is 46.7 Å². The third kappa shape index (κ3) is 1.65. The Bertz CT molecular complexity index is 623.